The fraction of sp³-hybridized carbons (Fsp3) is 0.400. The predicted molar refractivity (Wildman–Crippen MR) is 85.7 cm³/mol. The Labute approximate surface area is 138 Å². The number of aromatic nitrogens is 3. The highest BCUT2D eigenvalue weighted by Crippen LogP contribution is 2.26. The van der Waals surface area contributed by atoms with Gasteiger partial charge in [0.05, 0.1) is 4.92 Å². The van der Waals surface area contributed by atoms with Gasteiger partial charge in [0.15, 0.2) is 0 Å². The number of nitrogens with zero attached hydrogens (tertiary/aromatic N) is 5. The zero-order valence-corrected chi connectivity index (χ0v) is 13.0. The summed E-state index contributed by atoms with van der Waals surface area (Å²) >= 11 is 0. The molecule has 2 N–H and O–H groups in total. The number of nitro groups is 1. The van der Waals surface area contributed by atoms with Gasteiger partial charge < -0.3 is 10.6 Å². The number of carbonyl (C=O) groups excluding carboxylic acids is 1. The van der Waals surface area contributed by atoms with Crippen LogP contribution in [0.2, 0.25) is 0 Å². The van der Waals surface area contributed by atoms with Crippen molar-refractivity contribution in [2.45, 2.75) is 25.3 Å². The maximum atomic E-state index is 12.8. The van der Waals surface area contributed by atoms with Crippen molar-refractivity contribution >= 4 is 11.6 Å². The van der Waals surface area contributed by atoms with Gasteiger partial charge in [-0.3, -0.25) is 14.9 Å². The number of nitro benzene ring substituents is 1. The summed E-state index contributed by atoms with van der Waals surface area (Å²) in [5, 5.41) is 15.3. The zero-order chi connectivity index (χ0) is 17.1. The van der Waals surface area contributed by atoms with Crippen molar-refractivity contribution in [1.82, 2.24) is 19.7 Å². The summed E-state index contributed by atoms with van der Waals surface area (Å²) in [4.78, 5) is 29.1. The van der Waals surface area contributed by atoms with E-state index in [2.05, 4.69) is 10.1 Å². The van der Waals surface area contributed by atoms with Crippen LogP contribution >= 0.6 is 0 Å². The minimum atomic E-state index is -0.523. The lowest BCUT2D eigenvalue weighted by molar-refractivity contribution is -0.384. The van der Waals surface area contributed by atoms with E-state index in [9.17, 15) is 14.9 Å². The van der Waals surface area contributed by atoms with Crippen LogP contribution in [0.4, 0.5) is 5.69 Å². The van der Waals surface area contributed by atoms with Gasteiger partial charge in [0, 0.05) is 30.8 Å². The molecule has 1 fully saturated rings. The largest absolute Gasteiger partial charge is 0.334 e. The van der Waals surface area contributed by atoms with E-state index in [1.54, 1.807) is 11.0 Å². The van der Waals surface area contributed by atoms with E-state index < -0.39 is 4.92 Å². The lowest BCUT2D eigenvalue weighted by Crippen LogP contribution is -2.47. The summed E-state index contributed by atoms with van der Waals surface area (Å²) in [7, 11) is 0. The molecule has 1 amide bonds. The molecule has 1 aliphatic heterocycles. The van der Waals surface area contributed by atoms with E-state index in [-0.39, 0.29) is 28.9 Å². The molecule has 0 radical (unpaired) electrons. The molecule has 126 valence electrons. The van der Waals surface area contributed by atoms with E-state index in [0.717, 1.165) is 19.3 Å². The van der Waals surface area contributed by atoms with Crippen LogP contribution in [-0.2, 0) is 0 Å². The molecule has 1 aromatic carbocycles. The molecule has 1 aromatic heterocycles. The first-order valence-electron chi connectivity index (χ1n) is 7.76. The van der Waals surface area contributed by atoms with Gasteiger partial charge in [-0.05, 0) is 31.4 Å². The number of hydrogen-bond donors (Lipinski definition) is 1. The first-order valence-corrected chi connectivity index (χ1v) is 7.76. The standard InChI is InChI=1S/C15H18N6O3/c16-8-12-3-1-2-6-19(12)15(22)11-4-5-13(14(7-11)21(23)24)20-10-17-9-18-20/h4-5,7,9-10,12H,1-3,6,8,16H2. The number of amides is 1. The highest BCUT2D eigenvalue weighted by molar-refractivity contribution is 5.95. The van der Waals surface area contributed by atoms with Gasteiger partial charge in [-0.2, -0.15) is 5.10 Å². The molecule has 3 rings (SSSR count). The number of likely N-dealkylation sites (tertiary alicyclic amines) is 1. The van der Waals surface area contributed by atoms with E-state index in [4.69, 9.17) is 5.73 Å². The summed E-state index contributed by atoms with van der Waals surface area (Å²) in [6, 6.07) is 4.37. The topological polar surface area (TPSA) is 120 Å². The van der Waals surface area contributed by atoms with Crippen LogP contribution in [0.15, 0.2) is 30.9 Å². The Morgan fingerprint density at radius 3 is 2.92 bits per heavy atom. The maximum Gasteiger partial charge on any atom is 0.295 e. The zero-order valence-electron chi connectivity index (χ0n) is 13.0. The van der Waals surface area contributed by atoms with E-state index >= 15 is 0 Å². The molecule has 0 aliphatic carbocycles. The molecule has 1 saturated heterocycles. The van der Waals surface area contributed by atoms with Crippen molar-refractivity contribution in [3.8, 4) is 5.69 Å². The fourth-order valence-electron chi connectivity index (χ4n) is 3.01. The Hall–Kier alpha value is -2.81. The van der Waals surface area contributed by atoms with Gasteiger partial charge in [0.1, 0.15) is 18.3 Å². The second kappa shape index (κ2) is 6.75. The summed E-state index contributed by atoms with van der Waals surface area (Å²) < 4.78 is 1.30. The van der Waals surface area contributed by atoms with Crippen LogP contribution in [-0.4, -0.2) is 49.6 Å². The maximum absolute atomic E-state index is 12.8. The molecule has 0 spiro atoms. The summed E-state index contributed by atoms with van der Waals surface area (Å²) in [6.07, 6.45) is 5.49. The molecule has 0 bridgehead atoms. The third-order valence-corrected chi connectivity index (χ3v) is 4.24. The molecule has 1 atom stereocenters. The van der Waals surface area contributed by atoms with Crippen molar-refractivity contribution in [1.29, 1.82) is 0 Å². The van der Waals surface area contributed by atoms with Crippen molar-refractivity contribution in [3.05, 3.63) is 46.5 Å². The summed E-state index contributed by atoms with van der Waals surface area (Å²) in [6.45, 7) is 1.02. The number of nitrogens with two attached hydrogens (primary N) is 1. The van der Waals surface area contributed by atoms with E-state index in [1.165, 1.54) is 29.5 Å². The molecule has 0 saturated carbocycles. The van der Waals surface area contributed by atoms with Crippen LogP contribution in [0.1, 0.15) is 29.6 Å². The van der Waals surface area contributed by atoms with Crippen LogP contribution in [0.25, 0.3) is 5.69 Å². The van der Waals surface area contributed by atoms with Crippen molar-refractivity contribution < 1.29 is 9.72 Å². The number of piperidine rings is 1. The highest BCUT2D eigenvalue weighted by Gasteiger charge is 2.28. The van der Waals surface area contributed by atoms with Gasteiger partial charge in [-0.25, -0.2) is 9.67 Å². The first-order chi connectivity index (χ1) is 11.6. The van der Waals surface area contributed by atoms with Crippen molar-refractivity contribution in [2.75, 3.05) is 13.1 Å². The van der Waals surface area contributed by atoms with Gasteiger partial charge in [0.2, 0.25) is 0 Å². The Kier molecular flexibility index (Phi) is 4.52. The molecule has 9 heteroatoms. The number of rotatable bonds is 4. The van der Waals surface area contributed by atoms with Crippen LogP contribution in [0.5, 0.6) is 0 Å². The number of hydrogen-bond acceptors (Lipinski definition) is 6. The van der Waals surface area contributed by atoms with E-state index in [0.29, 0.717) is 13.1 Å². The Bertz CT molecular complexity index is 746. The lowest BCUT2D eigenvalue weighted by Gasteiger charge is -2.35. The second-order valence-corrected chi connectivity index (χ2v) is 5.68. The molecular weight excluding hydrogens is 312 g/mol. The second-order valence-electron chi connectivity index (χ2n) is 5.68. The third-order valence-electron chi connectivity index (χ3n) is 4.24. The van der Waals surface area contributed by atoms with Crippen LogP contribution in [0.3, 0.4) is 0 Å². The molecule has 2 aromatic rings. The van der Waals surface area contributed by atoms with Crippen LogP contribution < -0.4 is 5.73 Å². The number of benzene rings is 1. The first kappa shape index (κ1) is 16.1. The SMILES string of the molecule is NCC1CCCCN1C(=O)c1ccc(-n2cncn2)c([N+](=O)[O-])c1. The fourth-order valence-corrected chi connectivity index (χ4v) is 3.01. The normalized spacial score (nSPS) is 17.7. The van der Waals surface area contributed by atoms with E-state index in [1.807, 2.05) is 0 Å². The summed E-state index contributed by atoms with van der Waals surface area (Å²) in [5.74, 6) is -0.224. The molecule has 1 unspecified atom stereocenters. The molecule has 24 heavy (non-hydrogen) atoms. The number of carbonyl (C=O) groups is 1. The lowest BCUT2D eigenvalue weighted by atomic mass is 10.0. The van der Waals surface area contributed by atoms with Gasteiger partial charge >= 0.3 is 0 Å². The Balaban J connectivity index is 1.95. The van der Waals surface area contributed by atoms with Crippen LogP contribution in [0, 0.1) is 10.1 Å². The minimum absolute atomic E-state index is 0.0136. The minimum Gasteiger partial charge on any atom is -0.334 e. The Morgan fingerprint density at radius 1 is 1.42 bits per heavy atom. The average molecular weight is 330 g/mol. The average Bonchev–Trinajstić information content (AvgIpc) is 3.15. The van der Waals surface area contributed by atoms with Gasteiger partial charge in [-0.1, -0.05) is 0 Å². The third kappa shape index (κ3) is 2.98. The van der Waals surface area contributed by atoms with Crippen molar-refractivity contribution in [3.63, 3.8) is 0 Å². The summed E-state index contributed by atoms with van der Waals surface area (Å²) in [5.41, 5.74) is 6.12. The molecule has 9 nitrogen and oxygen atoms in total. The highest BCUT2D eigenvalue weighted by atomic mass is 16.6. The molecule has 2 heterocycles. The van der Waals surface area contributed by atoms with Gasteiger partial charge in [-0.15, -0.1) is 0 Å². The monoisotopic (exact) mass is 330 g/mol. The predicted octanol–water partition coefficient (Wildman–Crippen LogP) is 1.13. The quantitative estimate of drug-likeness (QED) is 0.662. The molecule has 1 aliphatic rings. The molecular formula is C15H18N6O3. The van der Waals surface area contributed by atoms with Gasteiger partial charge in [0.25, 0.3) is 11.6 Å². The smallest absolute Gasteiger partial charge is 0.295 e. The Morgan fingerprint density at radius 2 is 2.25 bits per heavy atom. The van der Waals surface area contributed by atoms with Crippen molar-refractivity contribution in [2.24, 2.45) is 5.73 Å².